The van der Waals surface area contributed by atoms with E-state index in [1.165, 1.54) is 0 Å². The van der Waals surface area contributed by atoms with Gasteiger partial charge in [-0.1, -0.05) is 0 Å². The third-order valence-corrected chi connectivity index (χ3v) is 2.76. The zero-order valence-corrected chi connectivity index (χ0v) is 9.50. The van der Waals surface area contributed by atoms with E-state index < -0.39 is 0 Å². The summed E-state index contributed by atoms with van der Waals surface area (Å²) in [5.41, 5.74) is 14.6. The van der Waals surface area contributed by atoms with Crippen LogP contribution in [0.15, 0.2) is 23.0 Å². The summed E-state index contributed by atoms with van der Waals surface area (Å²) >= 11 is 1.60. The van der Waals surface area contributed by atoms with Crippen molar-refractivity contribution in [3.8, 4) is 0 Å². The number of nitrogens with two attached hydrogens (primary N) is 2. The molecule has 2 rings (SSSR count). The molecule has 2 aromatic rings. The van der Waals surface area contributed by atoms with Gasteiger partial charge in [0.15, 0.2) is 0 Å². The number of pyridine rings is 1. The van der Waals surface area contributed by atoms with Crippen LogP contribution in [0.2, 0.25) is 0 Å². The van der Waals surface area contributed by atoms with Crippen molar-refractivity contribution in [1.82, 2.24) is 9.97 Å². The van der Waals surface area contributed by atoms with E-state index in [1.807, 2.05) is 17.0 Å². The van der Waals surface area contributed by atoms with Crippen LogP contribution in [-0.4, -0.2) is 16.5 Å². The van der Waals surface area contributed by atoms with Crippen molar-refractivity contribution < 1.29 is 0 Å². The van der Waals surface area contributed by atoms with Gasteiger partial charge in [0.1, 0.15) is 11.6 Å². The van der Waals surface area contributed by atoms with Crippen molar-refractivity contribution in [2.24, 2.45) is 0 Å². The summed E-state index contributed by atoms with van der Waals surface area (Å²) < 4.78 is 0. The van der Waals surface area contributed by atoms with E-state index in [-0.39, 0.29) is 0 Å². The van der Waals surface area contributed by atoms with Gasteiger partial charge < -0.3 is 16.8 Å². The van der Waals surface area contributed by atoms with Crippen LogP contribution in [0.1, 0.15) is 5.69 Å². The molecule has 5 nitrogen and oxygen atoms in total. The molecule has 0 aliphatic rings. The smallest absolute Gasteiger partial charge is 0.149 e. The molecule has 16 heavy (non-hydrogen) atoms. The third kappa shape index (κ3) is 2.60. The fraction of sp³-hybridized carbons (Fsp3) is 0.200. The molecule has 0 bridgehead atoms. The van der Waals surface area contributed by atoms with E-state index in [2.05, 4.69) is 15.3 Å². The topological polar surface area (TPSA) is 89.8 Å². The van der Waals surface area contributed by atoms with Gasteiger partial charge in [0.05, 0.1) is 16.9 Å². The summed E-state index contributed by atoms with van der Waals surface area (Å²) in [5.74, 6) is 1.10. The molecule has 84 valence electrons. The lowest BCUT2D eigenvalue weighted by molar-refractivity contribution is 0.969. The maximum absolute atomic E-state index is 5.60. The molecular weight excluding hydrogens is 222 g/mol. The van der Waals surface area contributed by atoms with E-state index in [0.29, 0.717) is 11.5 Å². The summed E-state index contributed by atoms with van der Waals surface area (Å²) in [7, 11) is 0. The summed E-state index contributed by atoms with van der Waals surface area (Å²) in [4.78, 5) is 8.31. The molecule has 0 fully saturated rings. The number of nitrogen functional groups attached to an aromatic ring is 2. The maximum atomic E-state index is 5.60. The molecule has 0 aliphatic carbocycles. The Morgan fingerprint density at radius 2 is 2.19 bits per heavy atom. The van der Waals surface area contributed by atoms with Gasteiger partial charge in [-0.2, -0.15) is 0 Å². The number of rotatable bonds is 4. The fourth-order valence-corrected chi connectivity index (χ4v) is 1.86. The van der Waals surface area contributed by atoms with Gasteiger partial charge in [0.25, 0.3) is 0 Å². The van der Waals surface area contributed by atoms with Gasteiger partial charge in [-0.25, -0.2) is 9.97 Å². The lowest BCUT2D eigenvalue weighted by Gasteiger charge is -2.06. The Hall–Kier alpha value is -1.82. The van der Waals surface area contributed by atoms with Gasteiger partial charge in [0, 0.05) is 18.3 Å². The maximum Gasteiger partial charge on any atom is 0.149 e. The van der Waals surface area contributed by atoms with Gasteiger partial charge in [-0.3, -0.25) is 0 Å². The highest BCUT2D eigenvalue weighted by molar-refractivity contribution is 7.07. The molecule has 0 radical (unpaired) electrons. The third-order valence-electron chi connectivity index (χ3n) is 2.13. The van der Waals surface area contributed by atoms with Crippen LogP contribution in [0.3, 0.4) is 0 Å². The summed E-state index contributed by atoms with van der Waals surface area (Å²) in [6.07, 6.45) is 0.870. The molecule has 0 atom stereocenters. The van der Waals surface area contributed by atoms with Gasteiger partial charge in [-0.15, -0.1) is 11.3 Å². The molecule has 5 N–H and O–H groups in total. The molecule has 0 unspecified atom stereocenters. The molecule has 2 aromatic heterocycles. The Labute approximate surface area is 97.5 Å². The Balaban J connectivity index is 1.87. The molecule has 0 aromatic carbocycles. The van der Waals surface area contributed by atoms with Crippen molar-refractivity contribution in [3.05, 3.63) is 28.7 Å². The highest BCUT2D eigenvalue weighted by atomic mass is 32.1. The van der Waals surface area contributed by atoms with E-state index in [4.69, 9.17) is 11.5 Å². The van der Waals surface area contributed by atoms with Crippen LogP contribution < -0.4 is 16.8 Å². The quantitative estimate of drug-likeness (QED) is 0.744. The fourth-order valence-electron chi connectivity index (χ4n) is 1.26. The molecule has 0 saturated carbocycles. The van der Waals surface area contributed by atoms with Crippen LogP contribution in [0.25, 0.3) is 0 Å². The van der Waals surface area contributed by atoms with Gasteiger partial charge in [-0.05, 0) is 12.1 Å². The summed E-state index contributed by atoms with van der Waals surface area (Å²) in [6, 6.07) is 3.56. The van der Waals surface area contributed by atoms with Gasteiger partial charge >= 0.3 is 0 Å². The molecule has 0 spiro atoms. The number of hydrogen-bond donors (Lipinski definition) is 3. The highest BCUT2D eigenvalue weighted by Crippen LogP contribution is 2.14. The molecule has 0 amide bonds. The number of anilines is 3. The molecule has 0 aliphatic heterocycles. The SMILES string of the molecule is Nc1ccc(NCCc2cscn2)nc1N. The standard InChI is InChI=1S/C10H13N5S/c11-8-1-2-9(15-10(8)12)13-4-3-7-5-16-6-14-7/h1-2,5-6H,3-4,11H2,(H3,12,13,15). The molecular formula is C10H13N5S. The van der Waals surface area contributed by atoms with Crippen LogP contribution in [0.5, 0.6) is 0 Å². The summed E-state index contributed by atoms with van der Waals surface area (Å²) in [5, 5.41) is 5.20. The van der Waals surface area contributed by atoms with E-state index in [1.54, 1.807) is 17.4 Å². The minimum absolute atomic E-state index is 0.360. The predicted molar refractivity (Wildman–Crippen MR) is 67.4 cm³/mol. The monoisotopic (exact) mass is 235 g/mol. The summed E-state index contributed by atoms with van der Waals surface area (Å²) in [6.45, 7) is 0.778. The van der Waals surface area contributed by atoms with Crippen LogP contribution in [0, 0.1) is 0 Å². The van der Waals surface area contributed by atoms with Crippen molar-refractivity contribution in [1.29, 1.82) is 0 Å². The first-order valence-electron chi connectivity index (χ1n) is 4.88. The second-order valence-corrected chi connectivity index (χ2v) is 4.05. The lowest BCUT2D eigenvalue weighted by atomic mass is 10.3. The molecule has 2 heterocycles. The van der Waals surface area contributed by atoms with E-state index >= 15 is 0 Å². The second kappa shape index (κ2) is 4.80. The normalized spacial score (nSPS) is 10.2. The first kappa shape index (κ1) is 10.7. The predicted octanol–water partition coefficient (Wildman–Crippen LogP) is 1.36. The Morgan fingerprint density at radius 3 is 2.88 bits per heavy atom. The van der Waals surface area contributed by atoms with Crippen LogP contribution >= 0.6 is 11.3 Å². The minimum Gasteiger partial charge on any atom is -0.396 e. The van der Waals surface area contributed by atoms with Crippen LogP contribution in [0.4, 0.5) is 17.3 Å². The highest BCUT2D eigenvalue weighted by Gasteiger charge is 1.99. The lowest BCUT2D eigenvalue weighted by Crippen LogP contribution is -2.08. The van der Waals surface area contributed by atoms with Crippen molar-refractivity contribution in [2.75, 3.05) is 23.3 Å². The zero-order valence-electron chi connectivity index (χ0n) is 8.68. The second-order valence-electron chi connectivity index (χ2n) is 3.33. The van der Waals surface area contributed by atoms with E-state index in [0.717, 1.165) is 24.5 Å². The Kier molecular flexibility index (Phi) is 3.21. The average Bonchev–Trinajstić information content (AvgIpc) is 2.76. The first-order valence-corrected chi connectivity index (χ1v) is 5.83. The number of thiazole rings is 1. The molecule has 6 heteroatoms. The molecule has 0 saturated heterocycles. The number of nitrogens with zero attached hydrogens (tertiary/aromatic N) is 2. The number of aromatic nitrogens is 2. The van der Waals surface area contributed by atoms with Crippen LogP contribution in [-0.2, 0) is 6.42 Å². The van der Waals surface area contributed by atoms with Crippen molar-refractivity contribution in [2.45, 2.75) is 6.42 Å². The number of hydrogen-bond acceptors (Lipinski definition) is 6. The number of nitrogens with one attached hydrogen (secondary N) is 1. The van der Waals surface area contributed by atoms with Gasteiger partial charge in [0.2, 0.25) is 0 Å². The Morgan fingerprint density at radius 1 is 1.31 bits per heavy atom. The van der Waals surface area contributed by atoms with Crippen molar-refractivity contribution >= 4 is 28.7 Å². The first-order chi connectivity index (χ1) is 7.75. The largest absolute Gasteiger partial charge is 0.396 e. The Bertz CT molecular complexity index is 454. The average molecular weight is 235 g/mol. The van der Waals surface area contributed by atoms with E-state index in [9.17, 15) is 0 Å². The zero-order chi connectivity index (χ0) is 11.4. The minimum atomic E-state index is 0.360. The van der Waals surface area contributed by atoms with Crippen molar-refractivity contribution in [3.63, 3.8) is 0 Å².